The second-order valence-electron chi connectivity index (χ2n) is 5.45. The molecule has 2 fully saturated rings. The number of piperidine rings is 2. The van der Waals surface area contributed by atoms with Crippen LogP contribution in [0.3, 0.4) is 0 Å². The van der Waals surface area contributed by atoms with Crippen LogP contribution >= 0.6 is 11.8 Å². The summed E-state index contributed by atoms with van der Waals surface area (Å²) in [5.74, 6) is 0.160. The summed E-state index contributed by atoms with van der Waals surface area (Å²) in [6.45, 7) is 4.62. The maximum Gasteiger partial charge on any atom is 0.441 e. The van der Waals surface area contributed by atoms with Crippen molar-refractivity contribution in [1.82, 2.24) is 10.2 Å². The van der Waals surface area contributed by atoms with Gasteiger partial charge in [0.25, 0.3) is 0 Å². The van der Waals surface area contributed by atoms with Gasteiger partial charge in [0.2, 0.25) is 0 Å². The van der Waals surface area contributed by atoms with Crippen LogP contribution in [0.25, 0.3) is 0 Å². The summed E-state index contributed by atoms with van der Waals surface area (Å²) in [4.78, 5) is 2.22. The first-order chi connectivity index (χ1) is 8.49. The quantitative estimate of drug-likeness (QED) is 0.857. The number of likely N-dealkylation sites (tertiary alicyclic amines) is 1. The Morgan fingerprint density at radius 3 is 2.67 bits per heavy atom. The molecule has 2 saturated heterocycles. The van der Waals surface area contributed by atoms with Crippen molar-refractivity contribution in [1.29, 1.82) is 0 Å². The van der Waals surface area contributed by atoms with Crippen LogP contribution in [0.5, 0.6) is 0 Å². The van der Waals surface area contributed by atoms with E-state index in [2.05, 4.69) is 10.2 Å². The molecule has 0 saturated carbocycles. The number of hydrogen-bond acceptors (Lipinski definition) is 3. The van der Waals surface area contributed by atoms with Gasteiger partial charge in [0, 0.05) is 25.4 Å². The van der Waals surface area contributed by atoms with E-state index in [1.54, 1.807) is 0 Å². The first-order valence-corrected chi connectivity index (χ1v) is 7.62. The van der Waals surface area contributed by atoms with Gasteiger partial charge < -0.3 is 10.2 Å². The van der Waals surface area contributed by atoms with Crippen LogP contribution in [0.2, 0.25) is 0 Å². The minimum atomic E-state index is -4.08. The Kier molecular flexibility index (Phi) is 4.83. The van der Waals surface area contributed by atoms with E-state index in [0.29, 0.717) is 12.0 Å². The van der Waals surface area contributed by atoms with E-state index < -0.39 is 5.51 Å². The normalized spacial score (nSPS) is 30.8. The maximum absolute atomic E-state index is 12.1. The molecule has 1 N–H and O–H groups in total. The van der Waals surface area contributed by atoms with Gasteiger partial charge in [-0.05, 0) is 55.9 Å². The Hall–Kier alpha value is 0.0600. The van der Waals surface area contributed by atoms with Crippen molar-refractivity contribution in [2.45, 2.75) is 31.2 Å². The van der Waals surface area contributed by atoms with Crippen molar-refractivity contribution < 1.29 is 13.2 Å². The molecular formula is C12H21F3N2S. The molecule has 0 aromatic rings. The number of nitrogens with one attached hydrogen (secondary N) is 1. The smallest absolute Gasteiger partial charge is 0.316 e. The molecule has 2 aliphatic rings. The van der Waals surface area contributed by atoms with Gasteiger partial charge in [-0.2, -0.15) is 13.2 Å². The maximum atomic E-state index is 12.1. The molecule has 2 heterocycles. The molecule has 0 aromatic carbocycles. The molecule has 0 amide bonds. The molecule has 106 valence electrons. The van der Waals surface area contributed by atoms with Crippen LogP contribution in [0, 0.1) is 5.41 Å². The Bertz CT molecular complexity index is 259. The summed E-state index contributed by atoms with van der Waals surface area (Å²) < 4.78 is 36.3. The van der Waals surface area contributed by atoms with Gasteiger partial charge in [-0.3, -0.25) is 0 Å². The van der Waals surface area contributed by atoms with E-state index in [1.165, 1.54) is 19.3 Å². The second-order valence-corrected chi connectivity index (χ2v) is 6.61. The van der Waals surface area contributed by atoms with Crippen LogP contribution in [0.4, 0.5) is 13.2 Å². The Morgan fingerprint density at radius 2 is 2.00 bits per heavy atom. The third-order valence-electron chi connectivity index (χ3n) is 3.97. The zero-order chi connectivity index (χ0) is 13.1. The van der Waals surface area contributed by atoms with Gasteiger partial charge in [0.15, 0.2) is 0 Å². The Labute approximate surface area is 111 Å². The lowest BCUT2D eigenvalue weighted by molar-refractivity contribution is -0.0329. The number of alkyl halides is 3. The summed E-state index contributed by atoms with van der Waals surface area (Å²) in [5, 5.41) is 3.43. The number of halogens is 3. The highest BCUT2D eigenvalue weighted by Gasteiger charge is 2.36. The van der Waals surface area contributed by atoms with E-state index >= 15 is 0 Å². The van der Waals surface area contributed by atoms with Gasteiger partial charge in [-0.25, -0.2) is 0 Å². The molecule has 2 aliphatic heterocycles. The number of thioether (sulfide) groups is 1. The molecular weight excluding hydrogens is 261 g/mol. The average Bonchev–Trinajstić information content (AvgIpc) is 2.28. The topological polar surface area (TPSA) is 15.3 Å². The molecule has 1 unspecified atom stereocenters. The number of nitrogens with zero attached hydrogens (tertiary/aromatic N) is 1. The van der Waals surface area contributed by atoms with E-state index in [9.17, 15) is 13.2 Å². The molecule has 2 rings (SSSR count). The van der Waals surface area contributed by atoms with Crippen LogP contribution in [-0.2, 0) is 0 Å². The van der Waals surface area contributed by atoms with Crippen molar-refractivity contribution >= 4 is 11.8 Å². The Balaban J connectivity index is 1.76. The zero-order valence-electron chi connectivity index (χ0n) is 10.6. The lowest BCUT2D eigenvalue weighted by Gasteiger charge is -2.45. The summed E-state index contributed by atoms with van der Waals surface area (Å²) in [7, 11) is 0. The predicted octanol–water partition coefficient (Wildman–Crippen LogP) is 2.71. The van der Waals surface area contributed by atoms with Gasteiger partial charge >= 0.3 is 5.51 Å². The highest BCUT2D eigenvalue weighted by atomic mass is 32.2. The van der Waals surface area contributed by atoms with Gasteiger partial charge in [-0.1, -0.05) is 0 Å². The number of hydrogen-bond donors (Lipinski definition) is 1. The van der Waals surface area contributed by atoms with Crippen molar-refractivity contribution in [3.8, 4) is 0 Å². The first kappa shape index (κ1) is 14.5. The lowest BCUT2D eigenvalue weighted by atomic mass is 9.74. The Morgan fingerprint density at radius 1 is 1.22 bits per heavy atom. The number of rotatable bonds is 3. The highest BCUT2D eigenvalue weighted by molar-refractivity contribution is 8.00. The van der Waals surface area contributed by atoms with Crippen LogP contribution in [0.15, 0.2) is 0 Å². The average molecular weight is 282 g/mol. The third kappa shape index (κ3) is 4.31. The van der Waals surface area contributed by atoms with Crippen LogP contribution in [-0.4, -0.2) is 48.9 Å². The minimum Gasteiger partial charge on any atom is -0.316 e. The summed E-state index contributed by atoms with van der Waals surface area (Å²) in [6, 6.07) is 0. The van der Waals surface area contributed by atoms with Gasteiger partial charge in [0.1, 0.15) is 0 Å². The monoisotopic (exact) mass is 282 g/mol. The fraction of sp³-hybridized carbons (Fsp3) is 1.00. The van der Waals surface area contributed by atoms with Crippen molar-refractivity contribution in [3.05, 3.63) is 0 Å². The molecule has 0 bridgehead atoms. The van der Waals surface area contributed by atoms with Gasteiger partial charge in [0.05, 0.1) is 0 Å². The summed E-state index contributed by atoms with van der Waals surface area (Å²) >= 11 is 0.105. The minimum absolute atomic E-state index is 0.105. The van der Waals surface area contributed by atoms with Crippen molar-refractivity contribution in [2.24, 2.45) is 5.41 Å². The molecule has 1 spiro atoms. The molecule has 0 radical (unpaired) electrons. The molecule has 0 aromatic heterocycles. The standard InChI is InChI=1S/C12H21F3N2S/c13-12(14,15)18-8-7-17-6-2-4-11(10-17)3-1-5-16-9-11/h16H,1-10H2. The predicted molar refractivity (Wildman–Crippen MR) is 68.7 cm³/mol. The molecule has 1 atom stereocenters. The lowest BCUT2D eigenvalue weighted by Crippen LogP contribution is -2.51. The fourth-order valence-electron chi connectivity index (χ4n) is 3.17. The van der Waals surface area contributed by atoms with E-state index in [1.807, 2.05) is 0 Å². The molecule has 2 nitrogen and oxygen atoms in total. The van der Waals surface area contributed by atoms with Crippen molar-refractivity contribution in [2.75, 3.05) is 38.5 Å². The highest BCUT2D eigenvalue weighted by Crippen LogP contribution is 2.36. The fourth-order valence-corrected chi connectivity index (χ4v) is 3.75. The van der Waals surface area contributed by atoms with Crippen LogP contribution < -0.4 is 5.32 Å². The molecule has 6 heteroatoms. The zero-order valence-corrected chi connectivity index (χ0v) is 11.4. The molecule has 0 aliphatic carbocycles. The van der Waals surface area contributed by atoms with Gasteiger partial charge in [-0.15, -0.1) is 0 Å². The largest absolute Gasteiger partial charge is 0.441 e. The SMILES string of the molecule is FC(F)(F)SCCN1CCCC2(CCCNC2)C1. The third-order valence-corrected chi connectivity index (χ3v) is 4.69. The van der Waals surface area contributed by atoms with Crippen molar-refractivity contribution in [3.63, 3.8) is 0 Å². The summed E-state index contributed by atoms with van der Waals surface area (Å²) in [5.41, 5.74) is -3.75. The second kappa shape index (κ2) is 6.01. The summed E-state index contributed by atoms with van der Waals surface area (Å²) in [6.07, 6.45) is 4.77. The van der Waals surface area contributed by atoms with E-state index in [4.69, 9.17) is 0 Å². The molecule has 18 heavy (non-hydrogen) atoms. The van der Waals surface area contributed by atoms with E-state index in [0.717, 1.165) is 32.6 Å². The first-order valence-electron chi connectivity index (χ1n) is 6.63. The van der Waals surface area contributed by atoms with Crippen LogP contribution in [0.1, 0.15) is 25.7 Å². The van der Waals surface area contributed by atoms with E-state index in [-0.39, 0.29) is 17.5 Å².